The average molecular weight is 274 g/mol. The summed E-state index contributed by atoms with van der Waals surface area (Å²) in [4.78, 5) is 0. The highest BCUT2D eigenvalue weighted by molar-refractivity contribution is 5.55. The molecule has 1 heterocycles. The summed E-state index contributed by atoms with van der Waals surface area (Å²) in [6.07, 6.45) is -1.11. The van der Waals surface area contributed by atoms with Gasteiger partial charge in [-0.25, -0.2) is 0 Å². The largest absolute Gasteiger partial charge is 0.508 e. The summed E-state index contributed by atoms with van der Waals surface area (Å²) in [5.41, 5.74) is 1.33. The fraction of sp³-hybridized carbons (Fsp3) is 0.200. The third-order valence-electron chi connectivity index (χ3n) is 3.44. The molecule has 0 fully saturated rings. The van der Waals surface area contributed by atoms with Gasteiger partial charge in [0.1, 0.15) is 5.75 Å². The highest BCUT2D eigenvalue weighted by Gasteiger charge is 2.32. The summed E-state index contributed by atoms with van der Waals surface area (Å²) in [7, 11) is 0. The molecular formula is C15H14O5. The Bertz CT molecular complexity index is 635. The van der Waals surface area contributed by atoms with Gasteiger partial charge < -0.3 is 25.2 Å². The molecule has 3 rings (SSSR count). The second-order valence-electron chi connectivity index (χ2n) is 4.82. The van der Waals surface area contributed by atoms with E-state index in [0.29, 0.717) is 17.5 Å². The zero-order valence-electron chi connectivity index (χ0n) is 10.5. The monoisotopic (exact) mass is 274 g/mol. The first-order valence-corrected chi connectivity index (χ1v) is 6.23. The predicted octanol–water partition coefficient (Wildman–Crippen LogP) is 1.84. The Balaban J connectivity index is 1.99. The van der Waals surface area contributed by atoms with Crippen molar-refractivity contribution in [2.45, 2.75) is 18.6 Å². The molecule has 0 radical (unpaired) electrons. The maximum absolute atomic E-state index is 10.2. The fourth-order valence-electron chi connectivity index (χ4n) is 2.39. The van der Waals surface area contributed by atoms with Gasteiger partial charge in [0.2, 0.25) is 5.75 Å². The van der Waals surface area contributed by atoms with Crippen LogP contribution in [-0.2, 0) is 6.42 Å². The molecule has 0 spiro atoms. The molecule has 20 heavy (non-hydrogen) atoms. The van der Waals surface area contributed by atoms with E-state index in [9.17, 15) is 20.4 Å². The molecule has 2 aromatic rings. The van der Waals surface area contributed by atoms with Crippen molar-refractivity contribution in [2.24, 2.45) is 0 Å². The van der Waals surface area contributed by atoms with Crippen molar-refractivity contribution in [3.63, 3.8) is 0 Å². The smallest absolute Gasteiger partial charge is 0.200 e. The van der Waals surface area contributed by atoms with Crippen molar-refractivity contribution in [3.8, 4) is 23.0 Å². The van der Waals surface area contributed by atoms with Crippen LogP contribution in [-0.4, -0.2) is 26.5 Å². The molecule has 0 aliphatic carbocycles. The summed E-state index contributed by atoms with van der Waals surface area (Å²) in [6, 6.07) is 9.28. The average Bonchev–Trinajstić information content (AvgIpc) is 2.44. The molecule has 2 aromatic carbocycles. The van der Waals surface area contributed by atoms with Crippen LogP contribution in [0.3, 0.4) is 0 Å². The number of hydrogen-bond acceptors (Lipinski definition) is 5. The summed E-state index contributed by atoms with van der Waals surface area (Å²) in [6.45, 7) is 0. The van der Waals surface area contributed by atoms with Gasteiger partial charge >= 0.3 is 0 Å². The van der Waals surface area contributed by atoms with Crippen LogP contribution in [0.25, 0.3) is 0 Å². The van der Waals surface area contributed by atoms with E-state index in [4.69, 9.17) is 4.74 Å². The second-order valence-corrected chi connectivity index (χ2v) is 4.82. The Morgan fingerprint density at radius 1 is 0.950 bits per heavy atom. The Kier molecular flexibility index (Phi) is 2.91. The Morgan fingerprint density at radius 2 is 1.65 bits per heavy atom. The number of aliphatic hydroxyl groups is 1. The lowest BCUT2D eigenvalue weighted by Crippen LogP contribution is -2.30. The Hall–Kier alpha value is -2.40. The van der Waals surface area contributed by atoms with E-state index in [2.05, 4.69) is 0 Å². The van der Waals surface area contributed by atoms with Crippen molar-refractivity contribution in [1.82, 2.24) is 0 Å². The first kappa shape index (κ1) is 12.6. The molecule has 0 bridgehead atoms. The normalized spacial score (nSPS) is 21.1. The van der Waals surface area contributed by atoms with Gasteiger partial charge in [0, 0.05) is 12.0 Å². The predicted molar refractivity (Wildman–Crippen MR) is 71.0 cm³/mol. The third-order valence-corrected chi connectivity index (χ3v) is 3.44. The lowest BCUT2D eigenvalue weighted by Gasteiger charge is -2.31. The van der Waals surface area contributed by atoms with Gasteiger partial charge in [0.25, 0.3) is 0 Å². The van der Waals surface area contributed by atoms with Crippen LogP contribution in [0.2, 0.25) is 0 Å². The number of benzene rings is 2. The van der Waals surface area contributed by atoms with Crippen LogP contribution >= 0.6 is 0 Å². The van der Waals surface area contributed by atoms with Gasteiger partial charge in [-0.3, -0.25) is 0 Å². The molecule has 5 nitrogen and oxygen atoms in total. The van der Waals surface area contributed by atoms with Gasteiger partial charge in [0.05, 0.1) is 6.10 Å². The van der Waals surface area contributed by atoms with Crippen LogP contribution < -0.4 is 4.74 Å². The van der Waals surface area contributed by atoms with Gasteiger partial charge in [-0.05, 0) is 23.8 Å². The zero-order chi connectivity index (χ0) is 14.3. The fourth-order valence-corrected chi connectivity index (χ4v) is 2.39. The molecule has 0 unspecified atom stereocenters. The van der Waals surface area contributed by atoms with Gasteiger partial charge in [-0.2, -0.15) is 0 Å². The minimum Gasteiger partial charge on any atom is -0.508 e. The maximum atomic E-state index is 10.2. The van der Waals surface area contributed by atoms with Crippen LogP contribution in [0.4, 0.5) is 0 Å². The number of aliphatic hydroxyl groups excluding tert-OH is 1. The summed E-state index contributed by atoms with van der Waals surface area (Å²) >= 11 is 0. The quantitative estimate of drug-likeness (QED) is 0.596. The molecule has 0 amide bonds. The SMILES string of the molecule is Oc1ccc([C@@H]2Oc3c(ccc(O)c3O)C[C@H]2O)cc1. The highest BCUT2D eigenvalue weighted by atomic mass is 16.5. The minimum absolute atomic E-state index is 0.125. The molecule has 0 saturated carbocycles. The lowest BCUT2D eigenvalue weighted by molar-refractivity contribution is 0.0187. The van der Waals surface area contributed by atoms with Crippen molar-refractivity contribution in [1.29, 1.82) is 0 Å². The standard InChI is InChI=1S/C15H14O5/c16-10-4-1-8(2-5-10)14-12(18)7-9-3-6-11(17)13(19)15(9)20-14/h1-6,12,14,16-19H,7H2/t12-,14+/m1/s1. The third kappa shape index (κ3) is 2.02. The zero-order valence-corrected chi connectivity index (χ0v) is 10.5. The summed E-state index contributed by atoms with van der Waals surface area (Å²) in [5, 5.41) is 38.8. The van der Waals surface area contributed by atoms with E-state index >= 15 is 0 Å². The summed E-state index contributed by atoms with van der Waals surface area (Å²) < 4.78 is 5.64. The maximum Gasteiger partial charge on any atom is 0.200 e. The number of aromatic hydroxyl groups is 3. The molecule has 4 N–H and O–H groups in total. The minimum atomic E-state index is -0.768. The van der Waals surface area contributed by atoms with Gasteiger partial charge in [0.15, 0.2) is 17.6 Å². The van der Waals surface area contributed by atoms with Crippen LogP contribution in [0.1, 0.15) is 17.2 Å². The van der Waals surface area contributed by atoms with Crippen LogP contribution in [0.5, 0.6) is 23.0 Å². The number of ether oxygens (including phenoxy) is 1. The number of rotatable bonds is 1. The van der Waals surface area contributed by atoms with E-state index in [1.54, 1.807) is 18.2 Å². The Morgan fingerprint density at radius 3 is 2.35 bits per heavy atom. The van der Waals surface area contributed by atoms with Crippen LogP contribution in [0, 0.1) is 0 Å². The molecule has 1 aliphatic rings. The number of phenolic OH excluding ortho intramolecular Hbond substituents is 3. The van der Waals surface area contributed by atoms with E-state index in [-0.39, 0.29) is 23.0 Å². The lowest BCUT2D eigenvalue weighted by atomic mass is 9.94. The molecular weight excluding hydrogens is 260 g/mol. The number of phenols is 3. The number of fused-ring (bicyclic) bond motifs is 1. The van der Waals surface area contributed by atoms with Gasteiger partial charge in [-0.15, -0.1) is 0 Å². The van der Waals surface area contributed by atoms with Crippen molar-refractivity contribution >= 4 is 0 Å². The Labute approximate surface area is 115 Å². The van der Waals surface area contributed by atoms with E-state index < -0.39 is 12.2 Å². The van der Waals surface area contributed by atoms with Crippen molar-refractivity contribution in [2.75, 3.05) is 0 Å². The van der Waals surface area contributed by atoms with Gasteiger partial charge in [-0.1, -0.05) is 18.2 Å². The molecule has 104 valence electrons. The summed E-state index contributed by atoms with van der Waals surface area (Å²) in [5.74, 6) is -0.268. The van der Waals surface area contributed by atoms with Crippen molar-refractivity contribution < 1.29 is 25.2 Å². The first-order valence-electron chi connectivity index (χ1n) is 6.23. The molecule has 2 atom stereocenters. The molecule has 5 heteroatoms. The number of hydrogen-bond donors (Lipinski definition) is 4. The molecule has 0 saturated heterocycles. The molecule has 0 aromatic heterocycles. The first-order chi connectivity index (χ1) is 9.56. The highest BCUT2D eigenvalue weighted by Crippen LogP contribution is 2.45. The van der Waals surface area contributed by atoms with E-state index in [0.717, 1.165) is 0 Å². The van der Waals surface area contributed by atoms with Crippen LogP contribution in [0.15, 0.2) is 36.4 Å². The topological polar surface area (TPSA) is 90.2 Å². The molecule has 1 aliphatic heterocycles. The second kappa shape index (κ2) is 4.61. The van der Waals surface area contributed by atoms with E-state index in [1.807, 2.05) is 0 Å². The van der Waals surface area contributed by atoms with Crippen molar-refractivity contribution in [3.05, 3.63) is 47.5 Å². The van der Waals surface area contributed by atoms with E-state index in [1.165, 1.54) is 18.2 Å².